The number of carbonyl (C=O) groups excluding carboxylic acids is 1. The number of carboxylic acid groups (broad SMARTS) is 1. The second-order valence-electron chi connectivity index (χ2n) is 11.0. The highest BCUT2D eigenvalue weighted by Gasteiger charge is 2.52. The zero-order valence-electron chi connectivity index (χ0n) is 23.0. The van der Waals surface area contributed by atoms with Gasteiger partial charge in [-0.15, -0.1) is 0 Å². The first-order valence-electron chi connectivity index (χ1n) is 13.5. The number of quaternary nitrogens is 1. The lowest BCUT2D eigenvalue weighted by atomic mass is 9.92. The molecule has 1 aliphatic heterocycles. The molecule has 1 aromatic heterocycles. The molecular formula is C30H31ClF3N4O3+. The number of carbonyl (C=O) groups is 2. The fourth-order valence-corrected chi connectivity index (χ4v) is 6.81. The molecule has 1 aliphatic carbocycles. The van der Waals surface area contributed by atoms with Gasteiger partial charge in [-0.25, -0.2) is 24.0 Å². The average molecular weight is 588 g/mol. The van der Waals surface area contributed by atoms with Crippen molar-refractivity contribution in [3.63, 3.8) is 0 Å². The van der Waals surface area contributed by atoms with Crippen molar-refractivity contribution < 1.29 is 32.3 Å². The Balaban J connectivity index is 1.56. The van der Waals surface area contributed by atoms with Crippen molar-refractivity contribution in [2.45, 2.75) is 57.8 Å². The molecule has 5 rings (SSSR count). The van der Waals surface area contributed by atoms with Gasteiger partial charge >= 0.3 is 18.1 Å². The zero-order chi connectivity index (χ0) is 29.7. The monoisotopic (exact) mass is 587 g/mol. The van der Waals surface area contributed by atoms with Crippen LogP contribution in [0.25, 0.3) is 0 Å². The Morgan fingerprint density at radius 2 is 1.76 bits per heavy atom. The van der Waals surface area contributed by atoms with Gasteiger partial charge in [0.05, 0.1) is 34.8 Å². The van der Waals surface area contributed by atoms with E-state index in [9.17, 15) is 27.9 Å². The average Bonchev–Trinajstić information content (AvgIpc) is 3.35. The summed E-state index contributed by atoms with van der Waals surface area (Å²) in [7, 11) is 1.77. The molecule has 1 amide bonds. The maximum absolute atomic E-state index is 14.5. The van der Waals surface area contributed by atoms with Crippen molar-refractivity contribution in [2.75, 3.05) is 25.0 Å². The van der Waals surface area contributed by atoms with Gasteiger partial charge in [0, 0.05) is 49.7 Å². The molecule has 2 atom stereocenters. The van der Waals surface area contributed by atoms with Crippen molar-refractivity contribution in [3.05, 3.63) is 86.8 Å². The molecule has 216 valence electrons. The maximum atomic E-state index is 14.5. The molecule has 1 saturated heterocycles. The van der Waals surface area contributed by atoms with Gasteiger partial charge in [0.2, 0.25) is 0 Å². The Bertz CT molecular complexity index is 1500. The Morgan fingerprint density at radius 1 is 1.05 bits per heavy atom. The van der Waals surface area contributed by atoms with Gasteiger partial charge in [-0.05, 0) is 50.1 Å². The number of amides is 1. The van der Waals surface area contributed by atoms with Gasteiger partial charge in [0.25, 0.3) is 0 Å². The zero-order valence-corrected chi connectivity index (χ0v) is 23.8. The Morgan fingerprint density at radius 3 is 2.39 bits per heavy atom. The summed E-state index contributed by atoms with van der Waals surface area (Å²) < 4.78 is 41.0. The molecule has 7 nitrogen and oxygen atoms in total. The Hall–Kier alpha value is -3.50. The maximum Gasteiger partial charge on any atom is 0.417 e. The van der Waals surface area contributed by atoms with Gasteiger partial charge < -0.3 is 10.0 Å². The van der Waals surface area contributed by atoms with E-state index in [1.807, 2.05) is 19.9 Å². The molecule has 2 aromatic carbocycles. The second-order valence-corrected chi connectivity index (χ2v) is 11.4. The molecule has 2 heterocycles. The minimum absolute atomic E-state index is 0.107. The van der Waals surface area contributed by atoms with Gasteiger partial charge in [0.1, 0.15) is 17.7 Å². The molecule has 0 spiro atoms. The number of hydrogen-bond acceptors (Lipinski definition) is 5. The molecule has 2 aliphatic rings. The van der Waals surface area contributed by atoms with Crippen LogP contribution in [-0.4, -0.2) is 57.6 Å². The summed E-state index contributed by atoms with van der Waals surface area (Å²) in [6.45, 7) is 4.91. The van der Waals surface area contributed by atoms with Crippen LogP contribution in [0.15, 0.2) is 42.5 Å². The Kier molecular flexibility index (Phi) is 7.59. The second kappa shape index (κ2) is 10.7. The molecule has 0 radical (unpaired) electrons. The SMILES string of the molecule is Cc1cc(N2CCC([N+](C)(C(=O)c3cccc(C(F)(F)F)c3Cl)[C@@H]3CCc4ccc(C(=O)O)cc43)CC2)nc(C)n1. The number of nitrogens with zero attached hydrogens (tertiary/aromatic N) is 4. The molecular weight excluding hydrogens is 557 g/mol. The van der Waals surface area contributed by atoms with Crippen LogP contribution in [0, 0.1) is 13.8 Å². The third kappa shape index (κ3) is 5.30. The number of fused-ring (bicyclic) bond motifs is 1. The number of aryl methyl sites for hydroxylation is 3. The molecule has 1 unspecified atom stereocenters. The number of alkyl halides is 3. The molecule has 3 aromatic rings. The van der Waals surface area contributed by atoms with E-state index in [-0.39, 0.29) is 21.7 Å². The summed E-state index contributed by atoms with van der Waals surface area (Å²) in [4.78, 5) is 37.3. The lowest BCUT2D eigenvalue weighted by Gasteiger charge is -2.47. The van der Waals surface area contributed by atoms with Gasteiger partial charge in [-0.3, -0.25) is 0 Å². The quantitative estimate of drug-likeness (QED) is 0.348. The summed E-state index contributed by atoms with van der Waals surface area (Å²) in [5.74, 6) is -0.128. The fraction of sp³-hybridized carbons (Fsp3) is 0.400. The normalized spacial score (nSPS) is 19.1. The van der Waals surface area contributed by atoms with Crippen LogP contribution in [0.3, 0.4) is 0 Å². The van der Waals surface area contributed by atoms with Crippen LogP contribution in [0.4, 0.5) is 19.0 Å². The number of hydrogen-bond donors (Lipinski definition) is 1. The van der Waals surface area contributed by atoms with E-state index in [1.54, 1.807) is 25.2 Å². The predicted molar refractivity (Wildman–Crippen MR) is 148 cm³/mol. The van der Waals surface area contributed by atoms with E-state index in [0.29, 0.717) is 44.6 Å². The predicted octanol–water partition coefficient (Wildman–Crippen LogP) is 6.41. The van der Waals surface area contributed by atoms with Crippen LogP contribution in [0.2, 0.25) is 5.02 Å². The number of halogens is 4. The number of anilines is 1. The lowest BCUT2D eigenvalue weighted by molar-refractivity contribution is -0.887. The number of rotatable bonds is 5. The highest BCUT2D eigenvalue weighted by atomic mass is 35.5. The summed E-state index contributed by atoms with van der Waals surface area (Å²) in [5, 5.41) is 9.03. The first-order chi connectivity index (χ1) is 19.3. The van der Waals surface area contributed by atoms with Crippen molar-refractivity contribution in [3.8, 4) is 0 Å². The minimum atomic E-state index is -4.72. The summed E-state index contributed by atoms with van der Waals surface area (Å²) in [5.41, 5.74) is 1.40. The standard InChI is InChI=1S/C30H30ClF3N4O3/c1-17-15-26(36-18(2)35-17)37-13-11-21(12-14-37)38(3,25-10-9-19-7-8-20(29(40)41)16-23(19)25)28(39)22-5-4-6-24(27(22)31)30(32,33)34/h4-8,15-16,21,25H,9-14H2,1-3H3/p+1/t25-,38?/m1/s1. The van der Waals surface area contributed by atoms with Crippen molar-refractivity contribution >= 4 is 29.3 Å². The van der Waals surface area contributed by atoms with E-state index in [0.717, 1.165) is 28.7 Å². The molecule has 41 heavy (non-hydrogen) atoms. The fourth-order valence-electron chi connectivity index (χ4n) is 6.50. The third-order valence-electron chi connectivity index (χ3n) is 8.56. The van der Waals surface area contributed by atoms with Crippen molar-refractivity contribution in [2.24, 2.45) is 0 Å². The highest BCUT2D eigenvalue weighted by Crippen LogP contribution is 2.46. The topological polar surface area (TPSA) is 83.4 Å². The largest absolute Gasteiger partial charge is 0.478 e. The molecule has 11 heteroatoms. The van der Waals surface area contributed by atoms with E-state index in [2.05, 4.69) is 14.9 Å². The summed E-state index contributed by atoms with van der Waals surface area (Å²) in [6.07, 6.45) is -2.37. The molecule has 1 N–H and O–H groups in total. The van der Waals surface area contributed by atoms with Crippen molar-refractivity contribution in [1.82, 2.24) is 9.97 Å². The van der Waals surface area contributed by atoms with Gasteiger partial charge in [0.15, 0.2) is 0 Å². The third-order valence-corrected chi connectivity index (χ3v) is 8.97. The van der Waals surface area contributed by atoms with Crippen LogP contribution in [0.1, 0.15) is 74.2 Å². The van der Waals surface area contributed by atoms with Crippen molar-refractivity contribution in [1.29, 1.82) is 0 Å². The van der Waals surface area contributed by atoms with Gasteiger partial charge in [-0.1, -0.05) is 23.7 Å². The lowest BCUT2D eigenvalue weighted by Crippen LogP contribution is -2.61. The number of aromatic nitrogens is 2. The van der Waals surface area contributed by atoms with E-state index >= 15 is 0 Å². The van der Waals surface area contributed by atoms with Gasteiger partial charge in [-0.2, -0.15) is 13.2 Å². The first-order valence-corrected chi connectivity index (χ1v) is 13.9. The summed E-state index contributed by atoms with van der Waals surface area (Å²) in [6, 6.07) is 9.57. The molecule has 1 fully saturated rings. The first kappa shape index (κ1) is 29.0. The van der Waals surface area contributed by atoms with Crippen LogP contribution in [0.5, 0.6) is 0 Å². The number of piperidine rings is 1. The number of benzene rings is 2. The number of aromatic carboxylic acids is 1. The highest BCUT2D eigenvalue weighted by molar-refractivity contribution is 6.34. The summed E-state index contributed by atoms with van der Waals surface area (Å²) >= 11 is 6.29. The van der Waals surface area contributed by atoms with E-state index in [1.165, 1.54) is 12.1 Å². The Labute approximate surface area is 241 Å². The molecule has 0 saturated carbocycles. The van der Waals surface area contributed by atoms with E-state index in [4.69, 9.17) is 11.6 Å². The van der Waals surface area contributed by atoms with Crippen LogP contribution in [-0.2, 0) is 12.6 Å². The molecule has 0 bridgehead atoms. The smallest absolute Gasteiger partial charge is 0.417 e. The van der Waals surface area contributed by atoms with E-state index < -0.39 is 34.7 Å². The van der Waals surface area contributed by atoms with Crippen LogP contribution >= 0.6 is 11.6 Å². The van der Waals surface area contributed by atoms with Crippen LogP contribution < -0.4 is 4.90 Å². The minimum Gasteiger partial charge on any atom is -0.478 e. The number of carboxylic acids is 1.